The third-order valence-corrected chi connectivity index (χ3v) is 4.22. The van der Waals surface area contributed by atoms with Crippen LogP contribution in [-0.2, 0) is 4.74 Å². The third-order valence-electron chi connectivity index (χ3n) is 3.13. The number of nitrogens with zero attached hydrogens (tertiary/aromatic N) is 2. The second-order valence-electron chi connectivity index (χ2n) is 4.87. The van der Waals surface area contributed by atoms with Crippen LogP contribution in [0.1, 0.15) is 40.4 Å². The summed E-state index contributed by atoms with van der Waals surface area (Å²) in [6.45, 7) is 5.40. The van der Waals surface area contributed by atoms with Gasteiger partial charge < -0.3 is 15.0 Å². The van der Waals surface area contributed by atoms with Crippen molar-refractivity contribution in [3.05, 3.63) is 10.6 Å². The zero-order valence-corrected chi connectivity index (χ0v) is 12.7. The Bertz CT molecular complexity index is 515. The highest BCUT2D eigenvalue weighted by Crippen LogP contribution is 2.26. The van der Waals surface area contributed by atoms with Gasteiger partial charge in [-0.15, -0.1) is 0 Å². The number of likely N-dealkylation sites (tertiary alicyclic amines) is 1. The van der Waals surface area contributed by atoms with Gasteiger partial charge in [-0.25, -0.2) is 9.78 Å². The van der Waals surface area contributed by atoms with Gasteiger partial charge in [0.15, 0.2) is 16.6 Å². The van der Waals surface area contributed by atoms with Crippen molar-refractivity contribution in [2.75, 3.05) is 32.1 Å². The van der Waals surface area contributed by atoms with Gasteiger partial charge in [0.2, 0.25) is 0 Å². The van der Waals surface area contributed by atoms with Crippen LogP contribution in [0.25, 0.3) is 0 Å². The number of rotatable bonds is 5. The maximum atomic E-state index is 11.8. The topological polar surface area (TPSA) is 71.5 Å². The average Bonchev–Trinajstić information content (AvgIpc) is 2.97. The number of ether oxygens (including phenoxy) is 1. The number of ketones is 1. The quantitative estimate of drug-likeness (QED) is 0.658. The molecular formula is C13H19N3O3S. The first-order chi connectivity index (χ1) is 9.51. The highest BCUT2D eigenvalue weighted by atomic mass is 32.1. The van der Waals surface area contributed by atoms with Crippen LogP contribution in [0.15, 0.2) is 0 Å². The molecule has 0 aliphatic carbocycles. The normalized spacial score (nSPS) is 19.1. The van der Waals surface area contributed by atoms with E-state index in [1.54, 1.807) is 6.92 Å². The van der Waals surface area contributed by atoms with Gasteiger partial charge in [-0.2, -0.15) is 0 Å². The minimum absolute atomic E-state index is 0.123. The Labute approximate surface area is 122 Å². The molecule has 1 atom stereocenters. The Morgan fingerprint density at radius 1 is 1.55 bits per heavy atom. The summed E-state index contributed by atoms with van der Waals surface area (Å²) in [5.41, 5.74) is 0.123. The van der Waals surface area contributed by atoms with Crippen molar-refractivity contribution in [1.29, 1.82) is 0 Å². The molecule has 0 aromatic carbocycles. The van der Waals surface area contributed by atoms with Crippen LogP contribution in [-0.4, -0.2) is 54.4 Å². The molecular weight excluding hydrogens is 278 g/mol. The number of esters is 1. The number of anilines is 1. The van der Waals surface area contributed by atoms with Crippen molar-refractivity contribution in [2.45, 2.75) is 26.3 Å². The van der Waals surface area contributed by atoms with E-state index in [1.165, 1.54) is 18.3 Å². The lowest BCUT2D eigenvalue weighted by Gasteiger charge is -2.11. The molecule has 0 radical (unpaired) electrons. The van der Waals surface area contributed by atoms with E-state index < -0.39 is 5.97 Å². The number of carbonyl (C=O) groups excluding carboxylic acids is 2. The summed E-state index contributed by atoms with van der Waals surface area (Å²) < 4.78 is 4.94. The summed E-state index contributed by atoms with van der Waals surface area (Å²) in [5.74, 6) is -0.701. The van der Waals surface area contributed by atoms with Crippen molar-refractivity contribution >= 4 is 28.2 Å². The van der Waals surface area contributed by atoms with Crippen LogP contribution in [0.4, 0.5) is 5.13 Å². The molecule has 2 heterocycles. The summed E-state index contributed by atoms with van der Waals surface area (Å²) in [5, 5.41) is 3.90. The lowest BCUT2D eigenvalue weighted by molar-refractivity contribution is 0.0517. The molecule has 2 rings (SSSR count). The third kappa shape index (κ3) is 3.34. The Balaban J connectivity index is 2.16. The van der Waals surface area contributed by atoms with Gasteiger partial charge in [0.05, 0.1) is 6.61 Å². The molecule has 1 aromatic heterocycles. The Kier molecular flexibility index (Phi) is 4.72. The Morgan fingerprint density at radius 2 is 2.30 bits per heavy atom. The lowest BCUT2D eigenvalue weighted by Crippen LogP contribution is -2.23. The maximum Gasteiger partial charge on any atom is 0.358 e. The van der Waals surface area contributed by atoms with Gasteiger partial charge in [0.1, 0.15) is 4.88 Å². The van der Waals surface area contributed by atoms with Gasteiger partial charge in [-0.1, -0.05) is 11.3 Å². The molecule has 1 aliphatic rings. The second kappa shape index (κ2) is 6.32. The van der Waals surface area contributed by atoms with Crippen LogP contribution >= 0.6 is 11.3 Å². The first-order valence-corrected chi connectivity index (χ1v) is 7.46. The van der Waals surface area contributed by atoms with Gasteiger partial charge in [0, 0.05) is 19.5 Å². The summed E-state index contributed by atoms with van der Waals surface area (Å²) in [7, 11) is 2.06. The molecule has 1 aromatic rings. The van der Waals surface area contributed by atoms with E-state index in [2.05, 4.69) is 22.2 Å². The molecule has 110 valence electrons. The van der Waals surface area contributed by atoms with Crippen LogP contribution in [0, 0.1) is 0 Å². The number of hydrogen-bond donors (Lipinski definition) is 1. The van der Waals surface area contributed by atoms with E-state index in [-0.39, 0.29) is 18.1 Å². The largest absolute Gasteiger partial charge is 0.461 e. The van der Waals surface area contributed by atoms with E-state index in [0.717, 1.165) is 19.5 Å². The molecule has 1 fully saturated rings. The molecule has 0 bridgehead atoms. The van der Waals surface area contributed by atoms with E-state index in [4.69, 9.17) is 4.74 Å². The number of carbonyl (C=O) groups is 2. The molecule has 0 amide bonds. The minimum Gasteiger partial charge on any atom is -0.461 e. The summed E-state index contributed by atoms with van der Waals surface area (Å²) in [6.07, 6.45) is 1.03. The molecule has 1 saturated heterocycles. The van der Waals surface area contributed by atoms with Crippen LogP contribution < -0.4 is 5.32 Å². The highest BCUT2D eigenvalue weighted by Gasteiger charge is 2.25. The summed E-state index contributed by atoms with van der Waals surface area (Å²) in [4.78, 5) is 30.2. The predicted molar refractivity (Wildman–Crippen MR) is 77.6 cm³/mol. The van der Waals surface area contributed by atoms with Crippen molar-refractivity contribution in [3.8, 4) is 0 Å². The smallest absolute Gasteiger partial charge is 0.358 e. The summed E-state index contributed by atoms with van der Waals surface area (Å²) >= 11 is 1.22. The lowest BCUT2D eigenvalue weighted by atomic mass is 10.3. The molecule has 1 unspecified atom stereocenters. The molecule has 1 aliphatic heterocycles. The zero-order chi connectivity index (χ0) is 14.7. The van der Waals surface area contributed by atoms with E-state index >= 15 is 0 Å². The maximum absolute atomic E-state index is 11.8. The number of thiazole rings is 1. The fourth-order valence-electron chi connectivity index (χ4n) is 2.19. The standard InChI is InChI=1S/C13H19N3O3S/c1-4-19-12(18)10-11(8(2)17)20-13(15-10)14-9-5-6-16(3)7-9/h9H,4-7H2,1-3H3,(H,14,15). The Hall–Kier alpha value is -1.47. The van der Waals surface area contributed by atoms with Crippen molar-refractivity contribution in [1.82, 2.24) is 9.88 Å². The van der Waals surface area contributed by atoms with Crippen LogP contribution in [0.2, 0.25) is 0 Å². The predicted octanol–water partition coefficient (Wildman–Crippen LogP) is 1.64. The van der Waals surface area contributed by atoms with E-state index in [9.17, 15) is 9.59 Å². The fraction of sp³-hybridized carbons (Fsp3) is 0.615. The molecule has 1 N–H and O–H groups in total. The van der Waals surface area contributed by atoms with Gasteiger partial charge in [0.25, 0.3) is 0 Å². The fourth-order valence-corrected chi connectivity index (χ4v) is 3.11. The van der Waals surface area contributed by atoms with Crippen LogP contribution in [0.3, 0.4) is 0 Å². The first-order valence-electron chi connectivity index (χ1n) is 6.65. The van der Waals surface area contributed by atoms with E-state index in [1.807, 2.05) is 0 Å². The van der Waals surface area contributed by atoms with Crippen molar-refractivity contribution < 1.29 is 14.3 Å². The van der Waals surface area contributed by atoms with Gasteiger partial charge in [-0.05, 0) is 26.9 Å². The molecule has 6 nitrogen and oxygen atoms in total. The van der Waals surface area contributed by atoms with E-state index in [0.29, 0.717) is 16.1 Å². The molecule has 7 heteroatoms. The first kappa shape index (κ1) is 14.9. The number of nitrogens with one attached hydrogen (secondary N) is 1. The van der Waals surface area contributed by atoms with Crippen molar-refractivity contribution in [2.24, 2.45) is 0 Å². The monoisotopic (exact) mass is 297 g/mol. The highest BCUT2D eigenvalue weighted by molar-refractivity contribution is 7.17. The Morgan fingerprint density at radius 3 is 2.85 bits per heavy atom. The van der Waals surface area contributed by atoms with Crippen LogP contribution in [0.5, 0.6) is 0 Å². The number of aromatic nitrogens is 1. The molecule has 0 saturated carbocycles. The number of hydrogen-bond acceptors (Lipinski definition) is 7. The SMILES string of the molecule is CCOC(=O)c1nc(NC2CCN(C)C2)sc1C(C)=O. The van der Waals surface area contributed by atoms with Gasteiger partial charge in [-0.3, -0.25) is 4.79 Å². The number of Topliss-reactive ketones (excluding diaryl/α,β-unsaturated/α-hetero) is 1. The van der Waals surface area contributed by atoms with Crippen molar-refractivity contribution in [3.63, 3.8) is 0 Å². The average molecular weight is 297 g/mol. The number of likely N-dealkylation sites (N-methyl/N-ethyl adjacent to an activating group) is 1. The zero-order valence-electron chi connectivity index (χ0n) is 11.9. The van der Waals surface area contributed by atoms with Gasteiger partial charge >= 0.3 is 5.97 Å². The summed E-state index contributed by atoms with van der Waals surface area (Å²) in [6, 6.07) is 0.306. The molecule has 0 spiro atoms. The second-order valence-corrected chi connectivity index (χ2v) is 5.86. The minimum atomic E-state index is -0.537. The molecule has 20 heavy (non-hydrogen) atoms.